The van der Waals surface area contributed by atoms with Gasteiger partial charge in [-0.3, -0.25) is 0 Å². The van der Waals surface area contributed by atoms with Crippen LogP contribution in [0.25, 0.3) is 155 Å². The van der Waals surface area contributed by atoms with Crippen molar-refractivity contribution in [2.24, 2.45) is 0 Å². The molecule has 1 unspecified atom stereocenters. The molecule has 12 aromatic carbocycles. The van der Waals surface area contributed by atoms with E-state index < -0.39 is 0 Å². The summed E-state index contributed by atoms with van der Waals surface area (Å²) in [7, 11) is 0. The number of hydrogen-bond acceptors (Lipinski definition) is 0. The monoisotopic (exact) mass is 1180 g/mol. The molecule has 5 heteroatoms. The molecule has 8 heterocycles. The standard InChI is InChI=1S/C87H67BN4/c1-43-35-47(5)71(48(6)36-43)59-23-17-27-67-75(59)78-61(73-51(9)39-45(3)40-52(73)10)31-32-65-83-77-55(19-15-29-69(77)89(67)84(65)78)57-21-13-25-63-81(57)91(83)85-64-26-14-22-58-56-20-16-30-70-80(56)88(92(82(58)64)86(63)85)66-34-33-62(74-53(11)41-46(4)42-54(74)12)79-76-60(24-18-28-68(76)90(70)87(66)79)72-49(7)37-44(2)38-50(72)8/h13-42,83H,1-12H3. The third-order valence-electron chi connectivity index (χ3n) is 22.4. The number of hydrogen-bond donors (Lipinski definition) is 0. The minimum atomic E-state index is -0.134. The molecule has 20 rings (SSSR count). The van der Waals surface area contributed by atoms with Crippen molar-refractivity contribution >= 4 is 94.2 Å². The van der Waals surface area contributed by atoms with Crippen molar-refractivity contribution in [1.82, 2.24) is 18.2 Å². The first-order chi connectivity index (χ1) is 44.7. The van der Waals surface area contributed by atoms with E-state index in [1.165, 1.54) is 243 Å². The Kier molecular flexibility index (Phi) is 10.1. The predicted octanol–water partition coefficient (Wildman–Crippen LogP) is 21.2. The fraction of sp³-hybridized carbons (Fsp3) is 0.149. The lowest BCUT2D eigenvalue weighted by Gasteiger charge is -2.36. The Morgan fingerprint density at radius 3 is 1.24 bits per heavy atom. The molecule has 4 aliphatic heterocycles. The SMILES string of the molecule is Cc1cc(C)c(-c2cccc3c2c2c(-c4c(C)cc(C)cc4C)ccc4c2n3-c2cccc3c2B4n2c4c-3cccc4c3c2c2cccc4c2n3C2c3c-4cccc3-n3c4cccc(-c5c(C)cc(C)cc5C)c4c4c(-c5c(C)cc(C)cc5C)ccc2c43)c(C)c1. The molecule has 4 aliphatic rings. The molecule has 438 valence electrons. The summed E-state index contributed by atoms with van der Waals surface area (Å²) in [5.41, 5.74) is 49.6. The van der Waals surface area contributed by atoms with E-state index in [0.29, 0.717) is 0 Å². The molecule has 0 radical (unpaired) electrons. The van der Waals surface area contributed by atoms with E-state index in [1.54, 1.807) is 0 Å². The van der Waals surface area contributed by atoms with E-state index in [4.69, 9.17) is 0 Å². The van der Waals surface area contributed by atoms with Gasteiger partial charge in [-0.1, -0.05) is 180 Å². The highest BCUT2D eigenvalue weighted by molar-refractivity contribution is 6.90. The lowest BCUT2D eigenvalue weighted by molar-refractivity contribution is 0.711. The molecule has 16 aromatic rings. The van der Waals surface area contributed by atoms with Crippen molar-refractivity contribution in [3.63, 3.8) is 0 Å². The summed E-state index contributed by atoms with van der Waals surface area (Å²) >= 11 is 0. The van der Waals surface area contributed by atoms with Crippen molar-refractivity contribution in [3.05, 3.63) is 260 Å². The maximum Gasteiger partial charge on any atom is 0.333 e. The lowest BCUT2D eigenvalue weighted by Crippen LogP contribution is -2.55. The molecule has 1 atom stereocenters. The van der Waals surface area contributed by atoms with Crippen molar-refractivity contribution in [2.75, 3.05) is 0 Å². The fourth-order valence-corrected chi connectivity index (χ4v) is 19.9. The molecule has 0 N–H and O–H groups in total. The van der Waals surface area contributed by atoms with Crippen LogP contribution in [0.1, 0.15) is 83.9 Å². The molecule has 0 saturated heterocycles. The molecular formula is C87H67BN4. The lowest BCUT2D eigenvalue weighted by atomic mass is 9.45. The Morgan fingerprint density at radius 1 is 0.304 bits per heavy atom. The Morgan fingerprint density at radius 2 is 0.707 bits per heavy atom. The number of rotatable bonds is 4. The van der Waals surface area contributed by atoms with Crippen molar-refractivity contribution in [1.29, 1.82) is 0 Å². The second-order valence-electron chi connectivity index (χ2n) is 28.1. The second kappa shape index (κ2) is 17.8. The summed E-state index contributed by atoms with van der Waals surface area (Å²) in [6.07, 6.45) is 0. The third-order valence-corrected chi connectivity index (χ3v) is 22.4. The van der Waals surface area contributed by atoms with Crippen LogP contribution in [0.4, 0.5) is 0 Å². The number of benzene rings is 12. The summed E-state index contributed by atoms with van der Waals surface area (Å²) in [5.74, 6) is 0. The maximum absolute atomic E-state index is 2.85. The van der Waals surface area contributed by atoms with Crippen LogP contribution in [0.2, 0.25) is 0 Å². The topological polar surface area (TPSA) is 19.7 Å². The largest absolute Gasteiger partial charge is 0.374 e. The Labute approximate surface area is 536 Å². The number of aromatic nitrogens is 4. The summed E-state index contributed by atoms with van der Waals surface area (Å²) in [6.45, 7) is 27.3. The second-order valence-corrected chi connectivity index (χ2v) is 28.1. The highest BCUT2D eigenvalue weighted by Crippen LogP contribution is 2.59. The van der Waals surface area contributed by atoms with Crippen LogP contribution in [-0.2, 0) is 0 Å². The van der Waals surface area contributed by atoms with Crippen LogP contribution in [-0.4, -0.2) is 25.0 Å². The summed E-state index contributed by atoms with van der Waals surface area (Å²) < 4.78 is 11.1. The molecule has 0 bridgehead atoms. The first kappa shape index (κ1) is 52.4. The highest BCUT2D eigenvalue weighted by atomic mass is 15.1. The molecule has 0 fully saturated rings. The van der Waals surface area contributed by atoms with Gasteiger partial charge in [0, 0.05) is 65.8 Å². The van der Waals surface area contributed by atoms with E-state index in [1.807, 2.05) is 0 Å². The number of fused-ring (bicyclic) bond motifs is 19. The molecule has 0 spiro atoms. The Bertz CT molecular complexity index is 5750. The van der Waals surface area contributed by atoms with Gasteiger partial charge in [0.05, 0.1) is 50.3 Å². The van der Waals surface area contributed by atoms with Gasteiger partial charge >= 0.3 is 6.85 Å². The first-order valence-corrected chi connectivity index (χ1v) is 33.1. The van der Waals surface area contributed by atoms with E-state index in [9.17, 15) is 0 Å². The van der Waals surface area contributed by atoms with Gasteiger partial charge in [0.2, 0.25) is 0 Å². The van der Waals surface area contributed by atoms with Crippen LogP contribution in [0.3, 0.4) is 0 Å². The smallest absolute Gasteiger partial charge is 0.333 e. The zero-order valence-electron chi connectivity index (χ0n) is 54.3. The molecular weight excluding hydrogens is 1110 g/mol. The van der Waals surface area contributed by atoms with Gasteiger partial charge in [0.25, 0.3) is 0 Å². The normalized spacial score (nSPS) is 14.0. The zero-order chi connectivity index (χ0) is 62.1. The number of para-hydroxylation sites is 2. The van der Waals surface area contributed by atoms with Crippen molar-refractivity contribution in [2.45, 2.75) is 89.1 Å². The number of nitrogens with zero attached hydrogens (tertiary/aromatic N) is 4. The Hall–Kier alpha value is -10.4. The maximum atomic E-state index is 2.85. The van der Waals surface area contributed by atoms with Crippen LogP contribution < -0.4 is 10.9 Å². The average molecular weight is 1180 g/mol. The molecule has 0 aliphatic carbocycles. The quantitative estimate of drug-likeness (QED) is 0.157. The molecule has 0 saturated carbocycles. The van der Waals surface area contributed by atoms with Crippen LogP contribution >= 0.6 is 0 Å². The van der Waals surface area contributed by atoms with E-state index in [-0.39, 0.29) is 12.9 Å². The molecule has 4 aromatic heterocycles. The summed E-state index contributed by atoms with van der Waals surface area (Å²) in [5, 5.41) is 7.90. The minimum Gasteiger partial charge on any atom is -0.374 e. The van der Waals surface area contributed by atoms with E-state index in [0.717, 1.165) is 0 Å². The average Bonchev–Trinajstić information content (AvgIpc) is 1.47. The fourth-order valence-electron chi connectivity index (χ4n) is 19.9. The van der Waals surface area contributed by atoms with Gasteiger partial charge in [0.15, 0.2) is 0 Å². The van der Waals surface area contributed by atoms with Gasteiger partial charge < -0.3 is 18.2 Å². The van der Waals surface area contributed by atoms with Crippen LogP contribution in [0.5, 0.6) is 0 Å². The van der Waals surface area contributed by atoms with Crippen molar-refractivity contribution in [3.8, 4) is 78.1 Å². The zero-order valence-corrected chi connectivity index (χ0v) is 54.3. The summed E-state index contributed by atoms with van der Waals surface area (Å²) in [4.78, 5) is 0. The van der Waals surface area contributed by atoms with Gasteiger partial charge in [0.1, 0.15) is 0 Å². The van der Waals surface area contributed by atoms with Gasteiger partial charge in [-0.25, -0.2) is 0 Å². The van der Waals surface area contributed by atoms with Gasteiger partial charge in [-0.05, 0) is 218 Å². The van der Waals surface area contributed by atoms with E-state index in [2.05, 4.69) is 283 Å². The van der Waals surface area contributed by atoms with Crippen LogP contribution in [0.15, 0.2) is 182 Å². The van der Waals surface area contributed by atoms with Crippen LogP contribution in [0, 0.1) is 83.1 Å². The van der Waals surface area contributed by atoms with Gasteiger partial charge in [-0.15, -0.1) is 0 Å². The molecule has 4 nitrogen and oxygen atoms in total. The minimum absolute atomic E-state index is 0.134. The molecule has 0 amide bonds. The highest BCUT2D eigenvalue weighted by Gasteiger charge is 2.46. The summed E-state index contributed by atoms with van der Waals surface area (Å²) in [6, 6.07) is 72.1. The third kappa shape index (κ3) is 6.30. The Balaban J connectivity index is 0.933. The van der Waals surface area contributed by atoms with Gasteiger partial charge in [-0.2, -0.15) is 0 Å². The number of aryl methyl sites for hydroxylation is 12. The first-order valence-electron chi connectivity index (χ1n) is 33.1. The van der Waals surface area contributed by atoms with Crippen molar-refractivity contribution < 1.29 is 0 Å². The van der Waals surface area contributed by atoms with E-state index >= 15 is 0 Å². The molecule has 92 heavy (non-hydrogen) atoms. The predicted molar refractivity (Wildman–Crippen MR) is 391 cm³/mol.